The zero-order chi connectivity index (χ0) is 11.4. The Kier molecular flexibility index (Phi) is 3.47. The van der Waals surface area contributed by atoms with Gasteiger partial charge in [-0.15, -0.1) is 0 Å². The Labute approximate surface area is 96.2 Å². The van der Waals surface area contributed by atoms with Crippen molar-refractivity contribution in [2.45, 2.75) is 32.8 Å². The van der Waals surface area contributed by atoms with Crippen molar-refractivity contribution in [2.24, 2.45) is 0 Å². The molecule has 0 radical (unpaired) electrons. The minimum atomic E-state index is 0.134. The van der Waals surface area contributed by atoms with Gasteiger partial charge < -0.3 is 4.84 Å². The predicted molar refractivity (Wildman–Crippen MR) is 62.6 cm³/mol. The van der Waals surface area contributed by atoms with Crippen LogP contribution < -0.4 is 4.84 Å². The van der Waals surface area contributed by atoms with E-state index in [9.17, 15) is 0 Å². The number of hydrogen-bond donors (Lipinski definition) is 0. The molecule has 0 amide bonds. The van der Waals surface area contributed by atoms with Gasteiger partial charge in [0.15, 0.2) is 5.75 Å². The van der Waals surface area contributed by atoms with Crippen molar-refractivity contribution in [3.05, 3.63) is 42.1 Å². The van der Waals surface area contributed by atoms with E-state index in [2.05, 4.69) is 26.0 Å². The molecular formula is C13H17NO2. The van der Waals surface area contributed by atoms with E-state index >= 15 is 0 Å². The van der Waals surface area contributed by atoms with Crippen molar-refractivity contribution in [1.82, 2.24) is 5.23 Å². The Bertz CT molecular complexity index is 359. The average Bonchev–Trinajstić information content (AvgIpc) is 2.78. The molecule has 3 heteroatoms. The molecule has 0 bridgehead atoms. The Morgan fingerprint density at radius 2 is 2.00 bits per heavy atom. The first kappa shape index (κ1) is 11.0. The minimum absolute atomic E-state index is 0.134. The second-order valence-electron chi connectivity index (χ2n) is 3.77. The van der Waals surface area contributed by atoms with Gasteiger partial charge in [0.25, 0.3) is 0 Å². The highest BCUT2D eigenvalue weighted by Crippen LogP contribution is 2.18. The third-order valence-corrected chi connectivity index (χ3v) is 2.59. The Balaban J connectivity index is 1.92. The fourth-order valence-electron chi connectivity index (χ4n) is 1.52. The van der Waals surface area contributed by atoms with E-state index < -0.39 is 0 Å². The van der Waals surface area contributed by atoms with E-state index in [1.54, 1.807) is 0 Å². The van der Waals surface area contributed by atoms with E-state index in [1.165, 1.54) is 10.8 Å². The summed E-state index contributed by atoms with van der Waals surface area (Å²) in [7, 11) is 0. The quantitative estimate of drug-likeness (QED) is 0.776. The number of hydrogen-bond acceptors (Lipinski definition) is 3. The number of hydroxylamine groups is 2. The highest BCUT2D eigenvalue weighted by Gasteiger charge is 2.16. The van der Waals surface area contributed by atoms with Gasteiger partial charge in [-0.2, -0.15) is 0 Å². The topological polar surface area (TPSA) is 21.7 Å². The molecule has 1 atom stereocenters. The number of aryl methyl sites for hydroxylation is 1. The van der Waals surface area contributed by atoms with Crippen molar-refractivity contribution in [3.8, 4) is 5.75 Å². The lowest BCUT2D eigenvalue weighted by Gasteiger charge is -2.17. The standard InChI is InChI=1S/C13H17NO2/c1-3-11-5-7-13(8-6-11)16-14-10-9-12(4-2)15-14/h5-10,12H,3-4H2,1-2H3. The second-order valence-corrected chi connectivity index (χ2v) is 3.77. The smallest absolute Gasteiger partial charge is 0.158 e. The molecule has 0 fully saturated rings. The molecule has 1 aromatic rings. The van der Waals surface area contributed by atoms with Crippen LogP contribution in [0.4, 0.5) is 0 Å². The van der Waals surface area contributed by atoms with Crippen LogP contribution in [0.5, 0.6) is 5.75 Å². The predicted octanol–water partition coefficient (Wildman–Crippen LogP) is 3.08. The number of nitrogens with zero attached hydrogens (tertiary/aromatic N) is 1. The Hall–Kier alpha value is -1.48. The van der Waals surface area contributed by atoms with Crippen LogP contribution in [0, 0.1) is 0 Å². The summed E-state index contributed by atoms with van der Waals surface area (Å²) in [6.45, 7) is 4.21. The number of rotatable bonds is 4. The fourth-order valence-corrected chi connectivity index (χ4v) is 1.52. The maximum Gasteiger partial charge on any atom is 0.158 e. The zero-order valence-corrected chi connectivity index (χ0v) is 9.72. The number of benzene rings is 1. The normalized spacial score (nSPS) is 19.1. The first-order valence-electron chi connectivity index (χ1n) is 5.73. The molecule has 86 valence electrons. The second kappa shape index (κ2) is 5.03. The molecule has 1 aliphatic heterocycles. The van der Waals surface area contributed by atoms with Crippen LogP contribution in [-0.4, -0.2) is 11.3 Å². The summed E-state index contributed by atoms with van der Waals surface area (Å²) in [6.07, 6.45) is 5.92. The first-order valence-corrected chi connectivity index (χ1v) is 5.73. The van der Waals surface area contributed by atoms with Crippen LogP contribution in [-0.2, 0) is 11.3 Å². The molecule has 1 heterocycles. The van der Waals surface area contributed by atoms with Crippen molar-refractivity contribution in [1.29, 1.82) is 0 Å². The van der Waals surface area contributed by atoms with Gasteiger partial charge in [-0.05, 0) is 36.6 Å². The molecule has 2 rings (SSSR count). The summed E-state index contributed by atoms with van der Waals surface area (Å²) < 4.78 is 0. The average molecular weight is 219 g/mol. The summed E-state index contributed by atoms with van der Waals surface area (Å²) in [5.74, 6) is 0.790. The zero-order valence-electron chi connectivity index (χ0n) is 9.72. The van der Waals surface area contributed by atoms with E-state index in [1.807, 2.05) is 24.4 Å². The molecule has 0 saturated carbocycles. The highest BCUT2D eigenvalue weighted by atomic mass is 17.0. The van der Waals surface area contributed by atoms with Crippen molar-refractivity contribution in [2.75, 3.05) is 0 Å². The van der Waals surface area contributed by atoms with E-state index in [4.69, 9.17) is 9.68 Å². The van der Waals surface area contributed by atoms with Crippen molar-refractivity contribution >= 4 is 0 Å². The summed E-state index contributed by atoms with van der Waals surface area (Å²) in [5, 5.41) is 1.41. The highest BCUT2D eigenvalue weighted by molar-refractivity contribution is 5.27. The molecule has 0 spiro atoms. The van der Waals surface area contributed by atoms with Gasteiger partial charge in [-0.1, -0.05) is 31.2 Å². The molecular weight excluding hydrogens is 202 g/mol. The van der Waals surface area contributed by atoms with E-state index in [0.717, 1.165) is 18.6 Å². The molecule has 1 aliphatic rings. The van der Waals surface area contributed by atoms with Gasteiger partial charge in [0, 0.05) is 0 Å². The van der Waals surface area contributed by atoms with E-state index in [0.29, 0.717) is 0 Å². The van der Waals surface area contributed by atoms with Crippen LogP contribution in [0.2, 0.25) is 0 Å². The summed E-state index contributed by atoms with van der Waals surface area (Å²) in [6, 6.07) is 8.03. The molecule has 3 nitrogen and oxygen atoms in total. The Morgan fingerprint density at radius 1 is 1.25 bits per heavy atom. The van der Waals surface area contributed by atoms with Crippen LogP contribution in [0.25, 0.3) is 0 Å². The SMILES string of the molecule is CCc1ccc(ON2C=CC(CC)O2)cc1. The third-order valence-electron chi connectivity index (χ3n) is 2.59. The van der Waals surface area contributed by atoms with Crippen LogP contribution in [0.15, 0.2) is 36.5 Å². The summed E-state index contributed by atoms with van der Waals surface area (Å²) in [4.78, 5) is 11.0. The van der Waals surface area contributed by atoms with Gasteiger partial charge in [-0.25, -0.2) is 4.84 Å². The lowest BCUT2D eigenvalue weighted by atomic mass is 10.2. The lowest BCUT2D eigenvalue weighted by Crippen LogP contribution is -2.21. The van der Waals surface area contributed by atoms with Gasteiger partial charge in [0.2, 0.25) is 0 Å². The van der Waals surface area contributed by atoms with Crippen LogP contribution in [0.1, 0.15) is 25.8 Å². The Morgan fingerprint density at radius 3 is 2.56 bits per heavy atom. The monoisotopic (exact) mass is 219 g/mol. The van der Waals surface area contributed by atoms with Crippen molar-refractivity contribution < 1.29 is 9.68 Å². The molecule has 1 unspecified atom stereocenters. The van der Waals surface area contributed by atoms with Crippen LogP contribution in [0.3, 0.4) is 0 Å². The van der Waals surface area contributed by atoms with Crippen LogP contribution >= 0.6 is 0 Å². The van der Waals surface area contributed by atoms with Gasteiger partial charge in [0.05, 0.1) is 6.20 Å². The van der Waals surface area contributed by atoms with Gasteiger partial charge >= 0.3 is 0 Å². The summed E-state index contributed by atoms with van der Waals surface area (Å²) >= 11 is 0. The first-order chi connectivity index (χ1) is 7.81. The molecule has 0 N–H and O–H groups in total. The maximum atomic E-state index is 5.53. The van der Waals surface area contributed by atoms with Gasteiger partial charge in [-0.3, -0.25) is 0 Å². The van der Waals surface area contributed by atoms with Crippen molar-refractivity contribution in [3.63, 3.8) is 0 Å². The molecule has 16 heavy (non-hydrogen) atoms. The van der Waals surface area contributed by atoms with Gasteiger partial charge in [0.1, 0.15) is 6.10 Å². The molecule has 1 aromatic carbocycles. The molecule has 0 aromatic heterocycles. The largest absolute Gasteiger partial charge is 0.354 e. The molecule has 0 aliphatic carbocycles. The minimum Gasteiger partial charge on any atom is -0.354 e. The van der Waals surface area contributed by atoms with E-state index in [-0.39, 0.29) is 6.10 Å². The molecule has 0 saturated heterocycles. The lowest BCUT2D eigenvalue weighted by molar-refractivity contribution is -0.284. The summed E-state index contributed by atoms with van der Waals surface area (Å²) in [5.41, 5.74) is 1.30. The maximum absolute atomic E-state index is 5.53. The third kappa shape index (κ3) is 2.55. The fraction of sp³-hybridized carbons (Fsp3) is 0.385.